The first-order chi connectivity index (χ1) is 26.1. The molecule has 0 rings (SSSR count). The Kier molecular flexibility index (Phi) is 32.9. The van der Waals surface area contributed by atoms with Crippen molar-refractivity contribution in [3.05, 3.63) is 122 Å². The van der Waals surface area contributed by atoms with Gasteiger partial charge in [0, 0.05) is 19.3 Å². The molecule has 8 nitrogen and oxygen atoms in total. The molecule has 0 bridgehead atoms. The highest BCUT2D eigenvalue weighted by Crippen LogP contribution is 2.11. The molecule has 0 aromatic rings. The van der Waals surface area contributed by atoms with Crippen molar-refractivity contribution in [2.45, 2.75) is 109 Å². The fourth-order valence-electron chi connectivity index (χ4n) is 4.80. The second kappa shape index (κ2) is 35.7. The van der Waals surface area contributed by atoms with E-state index in [-0.39, 0.29) is 49.1 Å². The molecule has 300 valence electrons. The van der Waals surface area contributed by atoms with Crippen molar-refractivity contribution in [3.63, 3.8) is 0 Å². The standard InChI is InChI=1S/C46H69NO7/c1-6-8-10-12-14-16-18-19-20-21-22-23-24-25-27-28-30-32-34-36-44(48)53-41-42(40-52-39-38-43(46(50)51)47(3,4)5)54-45(49)37-35-33-31-29-26-17-15-13-11-9-7-2/h8-12,14-25,27,29,31,42-43H,6-7,13,26,28,30,32-41H2,1-5H3/p+1/b10-8+,11-9+,14-12+,17-15+,18-16+,20-19+,22-21+,24-23+,27-25+,31-29+. The summed E-state index contributed by atoms with van der Waals surface area (Å²) in [5.74, 6) is -1.62. The molecule has 0 aliphatic heterocycles. The zero-order chi connectivity index (χ0) is 40.0. The summed E-state index contributed by atoms with van der Waals surface area (Å²) >= 11 is 0. The lowest BCUT2D eigenvalue weighted by Gasteiger charge is -2.31. The maximum Gasteiger partial charge on any atom is 0.362 e. The molecule has 0 saturated heterocycles. The summed E-state index contributed by atoms with van der Waals surface area (Å²) in [7, 11) is 5.46. The van der Waals surface area contributed by atoms with E-state index in [1.165, 1.54) is 0 Å². The molecule has 0 aliphatic carbocycles. The Morgan fingerprint density at radius 2 is 1.09 bits per heavy atom. The highest BCUT2D eigenvalue weighted by atomic mass is 16.6. The third-order valence-electron chi connectivity index (χ3n) is 7.80. The molecule has 0 fully saturated rings. The van der Waals surface area contributed by atoms with Gasteiger partial charge in [0.2, 0.25) is 0 Å². The lowest BCUT2D eigenvalue weighted by atomic mass is 10.1. The van der Waals surface area contributed by atoms with Crippen molar-refractivity contribution < 1.29 is 38.2 Å². The molecule has 0 aliphatic rings. The van der Waals surface area contributed by atoms with Crippen LogP contribution in [0.1, 0.15) is 97.3 Å². The Morgan fingerprint density at radius 3 is 1.67 bits per heavy atom. The molecule has 2 unspecified atom stereocenters. The van der Waals surface area contributed by atoms with Crippen LogP contribution in [0.4, 0.5) is 0 Å². The van der Waals surface area contributed by atoms with E-state index >= 15 is 0 Å². The summed E-state index contributed by atoms with van der Waals surface area (Å²) in [6, 6.07) is -0.638. The van der Waals surface area contributed by atoms with Crippen LogP contribution in [-0.2, 0) is 28.6 Å². The molecule has 0 radical (unpaired) electrons. The van der Waals surface area contributed by atoms with E-state index in [1.807, 2.05) is 94.1 Å². The zero-order valence-electron chi connectivity index (χ0n) is 33.9. The quantitative estimate of drug-likeness (QED) is 0.0240. The smallest absolute Gasteiger partial charge is 0.362 e. The molecule has 0 spiro atoms. The van der Waals surface area contributed by atoms with Crippen LogP contribution in [0.2, 0.25) is 0 Å². The number of rotatable bonds is 32. The number of hydrogen-bond donors (Lipinski definition) is 1. The van der Waals surface area contributed by atoms with Crippen LogP contribution < -0.4 is 0 Å². The molecule has 0 aromatic carbocycles. The Morgan fingerprint density at radius 1 is 0.574 bits per heavy atom. The molecular weight excluding hydrogens is 679 g/mol. The highest BCUT2D eigenvalue weighted by molar-refractivity contribution is 5.72. The maximum absolute atomic E-state index is 12.6. The van der Waals surface area contributed by atoms with Crippen LogP contribution in [0.5, 0.6) is 0 Å². The van der Waals surface area contributed by atoms with Crippen molar-refractivity contribution in [1.82, 2.24) is 0 Å². The van der Waals surface area contributed by atoms with E-state index in [9.17, 15) is 19.5 Å². The third-order valence-corrected chi connectivity index (χ3v) is 7.80. The van der Waals surface area contributed by atoms with Gasteiger partial charge in [-0.05, 0) is 57.8 Å². The second-order valence-electron chi connectivity index (χ2n) is 13.6. The van der Waals surface area contributed by atoms with Gasteiger partial charge in [0.05, 0.1) is 34.4 Å². The number of allylic oxidation sites excluding steroid dienone is 20. The van der Waals surface area contributed by atoms with Gasteiger partial charge in [0.15, 0.2) is 12.1 Å². The monoisotopic (exact) mass is 749 g/mol. The lowest BCUT2D eigenvalue weighted by molar-refractivity contribution is -0.887. The van der Waals surface area contributed by atoms with Gasteiger partial charge >= 0.3 is 17.9 Å². The minimum absolute atomic E-state index is 0.0159. The minimum Gasteiger partial charge on any atom is -0.477 e. The summed E-state index contributed by atoms with van der Waals surface area (Å²) < 4.78 is 17.1. The molecule has 0 heterocycles. The van der Waals surface area contributed by atoms with Crippen molar-refractivity contribution in [3.8, 4) is 0 Å². The second-order valence-corrected chi connectivity index (χ2v) is 13.6. The fourth-order valence-corrected chi connectivity index (χ4v) is 4.80. The van der Waals surface area contributed by atoms with Crippen LogP contribution in [0.15, 0.2) is 122 Å². The predicted molar refractivity (Wildman–Crippen MR) is 224 cm³/mol. The average molecular weight is 749 g/mol. The van der Waals surface area contributed by atoms with Crippen LogP contribution in [-0.4, -0.2) is 80.6 Å². The molecule has 2 atom stereocenters. The summed E-state index contributed by atoms with van der Waals surface area (Å²) in [5, 5.41) is 9.59. The number of carboxylic acids is 1. The van der Waals surface area contributed by atoms with E-state index in [0.717, 1.165) is 51.4 Å². The molecule has 8 heteroatoms. The number of carboxylic acid groups (broad SMARTS) is 1. The van der Waals surface area contributed by atoms with Gasteiger partial charge in [-0.3, -0.25) is 9.59 Å². The summed E-state index contributed by atoms with van der Waals surface area (Å²) in [5.41, 5.74) is 0. The van der Waals surface area contributed by atoms with Crippen LogP contribution >= 0.6 is 0 Å². The first kappa shape index (κ1) is 49.7. The minimum atomic E-state index is -0.898. The largest absolute Gasteiger partial charge is 0.477 e. The topological polar surface area (TPSA) is 99.1 Å². The number of esters is 2. The molecule has 1 N–H and O–H groups in total. The number of likely N-dealkylation sites (N-methyl/N-ethyl adjacent to an activating group) is 1. The average Bonchev–Trinajstić information content (AvgIpc) is 3.12. The maximum atomic E-state index is 12.6. The predicted octanol–water partition coefficient (Wildman–Crippen LogP) is 10.3. The number of quaternary nitrogens is 1. The van der Waals surface area contributed by atoms with E-state index in [0.29, 0.717) is 19.3 Å². The van der Waals surface area contributed by atoms with Crippen LogP contribution in [0.25, 0.3) is 0 Å². The Hall–Kier alpha value is -4.27. The highest BCUT2D eigenvalue weighted by Gasteiger charge is 2.31. The van der Waals surface area contributed by atoms with Crippen LogP contribution in [0, 0.1) is 0 Å². The van der Waals surface area contributed by atoms with Crippen molar-refractivity contribution in [1.29, 1.82) is 0 Å². The van der Waals surface area contributed by atoms with Gasteiger partial charge in [0.1, 0.15) is 6.61 Å². The summed E-state index contributed by atoms with van der Waals surface area (Å²) in [6.07, 6.45) is 49.7. The van der Waals surface area contributed by atoms with Crippen molar-refractivity contribution >= 4 is 17.9 Å². The van der Waals surface area contributed by atoms with Gasteiger partial charge < -0.3 is 23.8 Å². The Labute approximate surface area is 327 Å². The van der Waals surface area contributed by atoms with Gasteiger partial charge in [-0.2, -0.15) is 0 Å². The van der Waals surface area contributed by atoms with E-state index in [1.54, 1.807) is 0 Å². The van der Waals surface area contributed by atoms with Gasteiger partial charge in [-0.1, -0.05) is 142 Å². The molecule has 0 amide bonds. The summed E-state index contributed by atoms with van der Waals surface area (Å²) in [6.45, 7) is 4.31. The van der Waals surface area contributed by atoms with Gasteiger partial charge in [-0.15, -0.1) is 0 Å². The molecule has 0 saturated carbocycles. The number of nitrogens with zero attached hydrogens (tertiary/aromatic N) is 1. The molecular formula is C46H70NO7+. The number of aliphatic carboxylic acids is 1. The SMILES string of the molecule is CC/C=C/C=C/C=C/C=C/C=C/C=C/C=C/CCCCCC(=O)OCC(COCCC(C(=O)O)[N+](C)(C)C)OC(=O)CCC/C=C/C/C=C/C/C=C/CC. The van der Waals surface area contributed by atoms with Crippen LogP contribution in [0.3, 0.4) is 0 Å². The van der Waals surface area contributed by atoms with E-state index in [2.05, 4.69) is 62.5 Å². The summed E-state index contributed by atoms with van der Waals surface area (Å²) in [4.78, 5) is 36.8. The number of ether oxygens (including phenoxy) is 3. The zero-order valence-corrected chi connectivity index (χ0v) is 33.9. The van der Waals surface area contributed by atoms with Gasteiger partial charge in [0.25, 0.3) is 0 Å². The Bertz CT molecular complexity index is 1290. The van der Waals surface area contributed by atoms with E-state index in [4.69, 9.17) is 14.2 Å². The number of unbranched alkanes of at least 4 members (excludes halogenated alkanes) is 4. The fraction of sp³-hybridized carbons (Fsp3) is 0.500. The molecule has 0 aromatic heterocycles. The van der Waals surface area contributed by atoms with Crippen molar-refractivity contribution in [2.24, 2.45) is 0 Å². The normalized spacial score (nSPS) is 14.3. The first-order valence-electron chi connectivity index (χ1n) is 19.7. The van der Waals surface area contributed by atoms with Gasteiger partial charge in [-0.25, -0.2) is 4.79 Å². The lowest BCUT2D eigenvalue weighted by Crippen LogP contribution is -2.50. The van der Waals surface area contributed by atoms with E-state index < -0.39 is 18.1 Å². The first-order valence-corrected chi connectivity index (χ1v) is 19.7. The van der Waals surface area contributed by atoms with Crippen molar-refractivity contribution in [2.75, 3.05) is 41.0 Å². The molecule has 54 heavy (non-hydrogen) atoms. The third kappa shape index (κ3) is 33.6. The number of carbonyl (C=O) groups excluding carboxylic acids is 2. The number of hydrogen-bond acceptors (Lipinski definition) is 6. The number of carbonyl (C=O) groups is 3. The Balaban J connectivity index is 4.58.